The first-order valence-electron chi connectivity index (χ1n) is 23.2. The molecule has 6 rings (SSSR count). The van der Waals surface area contributed by atoms with Crippen molar-refractivity contribution in [2.75, 3.05) is 13.1 Å². The van der Waals surface area contributed by atoms with E-state index in [1.165, 1.54) is 12.5 Å². The third-order valence-electron chi connectivity index (χ3n) is 14.3. The molecule has 2 bridgehead atoms. The highest BCUT2D eigenvalue weighted by molar-refractivity contribution is 6.47. The summed E-state index contributed by atoms with van der Waals surface area (Å²) in [6.45, 7) is 14.4. The molecule has 62 heavy (non-hydrogen) atoms. The number of benzene rings is 2. The molecule has 2 aromatic rings. The van der Waals surface area contributed by atoms with E-state index in [4.69, 9.17) is 20.8 Å². The molecule has 1 aliphatic heterocycles. The number of unbranched alkanes of at least 4 members (excludes halogenated alkanes) is 2. The summed E-state index contributed by atoms with van der Waals surface area (Å²) in [5, 5.41) is 16.2. The van der Waals surface area contributed by atoms with Crippen LogP contribution in [0, 0.1) is 29.1 Å². The maximum atomic E-state index is 13.8. The molecular formula is C49H73BN4O8. The van der Waals surface area contributed by atoms with Crippen LogP contribution in [0.4, 0.5) is 0 Å². The molecule has 340 valence electrons. The van der Waals surface area contributed by atoms with E-state index < -0.39 is 60.3 Å². The van der Waals surface area contributed by atoms with E-state index in [1.807, 2.05) is 19.1 Å². The molecule has 3 saturated carbocycles. The van der Waals surface area contributed by atoms with E-state index in [9.17, 15) is 29.1 Å². The lowest BCUT2D eigenvalue weighted by Crippen LogP contribution is -2.65. The quantitative estimate of drug-likeness (QED) is 0.0424. The number of Topliss-reactive ketones (excluding diaryl/α,β-unsaturated/α-hetero) is 3. The summed E-state index contributed by atoms with van der Waals surface area (Å²) in [7, 11) is -0.522. The van der Waals surface area contributed by atoms with Crippen LogP contribution in [-0.2, 0) is 34.9 Å². The second kappa shape index (κ2) is 21.8. The summed E-state index contributed by atoms with van der Waals surface area (Å²) in [4.78, 5) is 68.1. The topological polar surface area (TPSA) is 200 Å². The predicted molar refractivity (Wildman–Crippen MR) is 243 cm³/mol. The SMILES string of the molecule is CCCCc1ccc(-c2ccc(C(=O)C[C@@H](CCN)C(=O)NC(C(=O)C[C@@H](C)C(=O)N[C@@H](CCCCN)C(=O)C[C@@H](C)B3O[C@@H]4C[C@@H]5C[C@@H](C5(C)C)[C@]4(C)O3)[C@H](C)O)cc2)cc1. The van der Waals surface area contributed by atoms with Crippen molar-refractivity contribution in [2.45, 2.75) is 161 Å². The van der Waals surface area contributed by atoms with Crippen molar-refractivity contribution in [3.63, 3.8) is 0 Å². The zero-order valence-corrected chi connectivity index (χ0v) is 38.3. The van der Waals surface area contributed by atoms with Crippen LogP contribution >= 0.6 is 0 Å². The van der Waals surface area contributed by atoms with Gasteiger partial charge in [0.1, 0.15) is 6.04 Å². The van der Waals surface area contributed by atoms with Crippen LogP contribution in [0.15, 0.2) is 48.5 Å². The lowest BCUT2D eigenvalue weighted by atomic mass is 9.43. The summed E-state index contributed by atoms with van der Waals surface area (Å²) in [6, 6.07) is 13.6. The molecule has 3 aliphatic carbocycles. The largest absolute Gasteiger partial charge is 0.461 e. The third kappa shape index (κ3) is 11.7. The summed E-state index contributed by atoms with van der Waals surface area (Å²) in [6.07, 6.45) is 5.73. The van der Waals surface area contributed by atoms with Crippen molar-refractivity contribution in [1.82, 2.24) is 10.6 Å². The smallest absolute Gasteiger partial charge is 0.405 e. The van der Waals surface area contributed by atoms with E-state index in [-0.39, 0.29) is 61.1 Å². The minimum atomic E-state index is -1.32. The summed E-state index contributed by atoms with van der Waals surface area (Å²) in [5.41, 5.74) is 15.2. The van der Waals surface area contributed by atoms with Gasteiger partial charge in [-0.05, 0) is 118 Å². The first kappa shape index (κ1) is 49.3. The second-order valence-electron chi connectivity index (χ2n) is 19.4. The van der Waals surface area contributed by atoms with Gasteiger partial charge in [-0.1, -0.05) is 89.6 Å². The van der Waals surface area contributed by atoms with Gasteiger partial charge in [0.2, 0.25) is 11.8 Å². The number of hydrogen-bond donors (Lipinski definition) is 5. The maximum Gasteiger partial charge on any atom is 0.461 e. The Hall–Kier alpha value is -3.75. The fourth-order valence-corrected chi connectivity index (χ4v) is 10.0. The Balaban J connectivity index is 1.15. The summed E-state index contributed by atoms with van der Waals surface area (Å²) >= 11 is 0. The Labute approximate surface area is 369 Å². The molecule has 7 N–H and O–H groups in total. The minimum absolute atomic E-state index is 0.00270. The Kier molecular flexibility index (Phi) is 17.3. The third-order valence-corrected chi connectivity index (χ3v) is 14.3. The number of aliphatic hydroxyl groups excluding tert-OH is 1. The van der Waals surface area contributed by atoms with Crippen molar-refractivity contribution in [3.05, 3.63) is 59.7 Å². The monoisotopic (exact) mass is 857 g/mol. The van der Waals surface area contributed by atoms with Crippen molar-refractivity contribution in [3.8, 4) is 11.1 Å². The van der Waals surface area contributed by atoms with E-state index in [0.717, 1.165) is 43.2 Å². The Bertz CT molecular complexity index is 1850. The molecule has 4 aliphatic rings. The van der Waals surface area contributed by atoms with Gasteiger partial charge in [0.25, 0.3) is 0 Å². The van der Waals surface area contributed by atoms with Crippen LogP contribution in [0.5, 0.6) is 0 Å². The van der Waals surface area contributed by atoms with Crippen LogP contribution in [-0.4, -0.2) is 84.4 Å². The van der Waals surface area contributed by atoms with E-state index in [1.54, 1.807) is 19.1 Å². The highest BCUT2D eigenvalue weighted by Gasteiger charge is 2.68. The molecule has 1 saturated heterocycles. The zero-order chi connectivity index (χ0) is 45.4. The van der Waals surface area contributed by atoms with Crippen molar-refractivity contribution < 1.29 is 38.4 Å². The number of nitrogens with two attached hydrogens (primary N) is 2. The summed E-state index contributed by atoms with van der Waals surface area (Å²) < 4.78 is 13.1. The average Bonchev–Trinajstić information content (AvgIpc) is 3.61. The van der Waals surface area contributed by atoms with Gasteiger partial charge in [0, 0.05) is 36.7 Å². The molecule has 12 nitrogen and oxygen atoms in total. The van der Waals surface area contributed by atoms with Crippen LogP contribution in [0.25, 0.3) is 11.1 Å². The lowest BCUT2D eigenvalue weighted by molar-refractivity contribution is -0.199. The fourth-order valence-electron chi connectivity index (χ4n) is 10.0. The van der Waals surface area contributed by atoms with E-state index in [2.05, 4.69) is 62.6 Å². The minimum Gasteiger partial charge on any atom is -0.405 e. The van der Waals surface area contributed by atoms with Gasteiger partial charge in [-0.25, -0.2) is 0 Å². The van der Waals surface area contributed by atoms with Crippen LogP contribution < -0.4 is 22.1 Å². The van der Waals surface area contributed by atoms with Gasteiger partial charge in [0.15, 0.2) is 17.3 Å². The predicted octanol–water partition coefficient (Wildman–Crippen LogP) is 6.39. The average molecular weight is 857 g/mol. The van der Waals surface area contributed by atoms with E-state index in [0.29, 0.717) is 43.2 Å². The molecule has 10 atom stereocenters. The molecular weight excluding hydrogens is 783 g/mol. The van der Waals surface area contributed by atoms with Crippen molar-refractivity contribution in [1.29, 1.82) is 0 Å². The number of aliphatic hydroxyl groups is 1. The van der Waals surface area contributed by atoms with Gasteiger partial charge in [-0.3, -0.25) is 24.0 Å². The Morgan fingerprint density at radius 1 is 0.806 bits per heavy atom. The number of rotatable bonds is 25. The van der Waals surface area contributed by atoms with E-state index >= 15 is 0 Å². The molecule has 13 heteroatoms. The first-order chi connectivity index (χ1) is 29.4. The van der Waals surface area contributed by atoms with Crippen LogP contribution in [0.3, 0.4) is 0 Å². The number of aryl methyl sites for hydroxylation is 1. The molecule has 0 aromatic heterocycles. The molecule has 1 heterocycles. The zero-order valence-electron chi connectivity index (χ0n) is 38.3. The maximum absolute atomic E-state index is 13.8. The van der Waals surface area contributed by atoms with Gasteiger partial charge < -0.3 is 36.5 Å². The molecule has 2 amide bonds. The summed E-state index contributed by atoms with van der Waals surface area (Å²) in [5.74, 6) is -2.94. The number of carbonyl (C=O) groups is 5. The second-order valence-corrected chi connectivity index (χ2v) is 19.4. The first-order valence-corrected chi connectivity index (χ1v) is 23.2. The fraction of sp³-hybridized carbons (Fsp3) is 0.653. The molecule has 2 aromatic carbocycles. The van der Waals surface area contributed by atoms with Crippen LogP contribution in [0.1, 0.15) is 135 Å². The van der Waals surface area contributed by atoms with Gasteiger partial charge in [-0.15, -0.1) is 0 Å². The van der Waals surface area contributed by atoms with Crippen molar-refractivity contribution in [2.24, 2.45) is 40.6 Å². The molecule has 4 fully saturated rings. The molecule has 0 spiro atoms. The number of nitrogens with one attached hydrogen (secondary N) is 2. The van der Waals surface area contributed by atoms with Crippen LogP contribution in [0.2, 0.25) is 5.82 Å². The number of hydrogen-bond acceptors (Lipinski definition) is 10. The highest BCUT2D eigenvalue weighted by Crippen LogP contribution is 2.66. The Morgan fingerprint density at radius 3 is 2.06 bits per heavy atom. The standard InChI is InChI=1S/C49H73BN4O8/c1-8-9-12-33-14-16-34(17-15-33)35-18-20-36(21-19-35)40(56)27-37(22-24-52)47(60)54-45(32(4)55)42(58)25-30(2)46(59)53-39(13-10-11-23-51)41(57)26-31(3)50-61-44-29-38-28-43(48(38,5)6)49(44,7)62-50/h14-21,30-32,37-39,43-45,55H,8-13,22-29,51-52H2,1-7H3,(H,53,59)(H,54,60)/t30-,31-,32+,37-,38+,39+,43+,44-,45?,49+/m1/s1. The number of amides is 2. The molecule has 1 unspecified atom stereocenters. The number of ketones is 3. The lowest BCUT2D eigenvalue weighted by Gasteiger charge is -2.64. The van der Waals surface area contributed by atoms with Gasteiger partial charge >= 0.3 is 7.12 Å². The number of carbonyl (C=O) groups excluding carboxylic acids is 5. The molecule has 0 radical (unpaired) electrons. The van der Waals surface area contributed by atoms with Gasteiger partial charge in [-0.2, -0.15) is 0 Å². The highest BCUT2D eigenvalue weighted by atomic mass is 16.7. The van der Waals surface area contributed by atoms with Gasteiger partial charge in [0.05, 0.1) is 23.9 Å². The normalized spacial score (nSPS) is 24.1. The van der Waals surface area contributed by atoms with Crippen molar-refractivity contribution >= 4 is 36.3 Å². The Morgan fingerprint density at radius 2 is 1.47 bits per heavy atom.